The molecule has 1 fully saturated rings. The Morgan fingerprint density at radius 2 is 2.06 bits per heavy atom. The Balaban J connectivity index is 1.89. The van der Waals surface area contributed by atoms with Gasteiger partial charge in [-0.2, -0.15) is 0 Å². The van der Waals surface area contributed by atoms with Crippen LogP contribution in [0.1, 0.15) is 30.1 Å². The fourth-order valence-corrected chi connectivity index (χ4v) is 1.97. The maximum atomic E-state index is 11.6. The molecule has 0 aliphatic heterocycles. The highest BCUT2D eigenvalue weighted by Gasteiger charge is 2.27. The Bertz CT molecular complexity index is 399. The van der Waals surface area contributed by atoms with Crippen LogP contribution in [0.25, 0.3) is 0 Å². The van der Waals surface area contributed by atoms with E-state index in [9.17, 15) is 4.79 Å². The summed E-state index contributed by atoms with van der Waals surface area (Å²) in [5, 5.41) is 14.7. The van der Waals surface area contributed by atoms with Gasteiger partial charge in [-0.15, -0.1) is 0 Å². The molecule has 2 rings (SSSR count). The fourth-order valence-electron chi connectivity index (χ4n) is 1.97. The van der Waals surface area contributed by atoms with E-state index in [1.54, 1.807) is 12.1 Å². The largest absolute Gasteiger partial charge is 0.395 e. The summed E-state index contributed by atoms with van der Waals surface area (Å²) in [6.07, 6.45) is 2.63. The van der Waals surface area contributed by atoms with Gasteiger partial charge in [-0.05, 0) is 49.9 Å². The molecule has 4 heteroatoms. The van der Waals surface area contributed by atoms with Crippen LogP contribution in [0.5, 0.6) is 0 Å². The highest BCUT2D eigenvalue weighted by molar-refractivity contribution is 5.94. The summed E-state index contributed by atoms with van der Waals surface area (Å²) in [4.78, 5) is 11.6. The minimum atomic E-state index is -0.147. The molecule has 98 valence electrons. The fraction of sp³-hybridized carbons (Fsp3) is 0.500. The number of hydrogen-bond acceptors (Lipinski definition) is 3. The molecule has 1 aliphatic carbocycles. The summed E-state index contributed by atoms with van der Waals surface area (Å²) >= 11 is 0. The number of amides is 1. The van der Waals surface area contributed by atoms with E-state index in [-0.39, 0.29) is 19.1 Å². The van der Waals surface area contributed by atoms with Gasteiger partial charge in [0.05, 0.1) is 6.61 Å². The Hall–Kier alpha value is -1.55. The third-order valence-corrected chi connectivity index (χ3v) is 3.27. The number of aliphatic hydroxyl groups excluding tert-OH is 1. The van der Waals surface area contributed by atoms with Crippen LogP contribution in [0.2, 0.25) is 0 Å². The van der Waals surface area contributed by atoms with E-state index < -0.39 is 0 Å². The van der Waals surface area contributed by atoms with Crippen molar-refractivity contribution in [3.8, 4) is 0 Å². The van der Waals surface area contributed by atoms with E-state index in [1.807, 2.05) is 12.1 Å². The van der Waals surface area contributed by atoms with Gasteiger partial charge in [0.15, 0.2) is 0 Å². The number of benzene rings is 1. The first-order valence-corrected chi connectivity index (χ1v) is 6.46. The van der Waals surface area contributed by atoms with Crippen LogP contribution in [0, 0.1) is 5.92 Å². The third kappa shape index (κ3) is 3.47. The van der Waals surface area contributed by atoms with Gasteiger partial charge in [0, 0.05) is 23.8 Å². The van der Waals surface area contributed by atoms with Crippen molar-refractivity contribution in [2.24, 2.45) is 5.92 Å². The minimum Gasteiger partial charge on any atom is -0.395 e. The summed E-state index contributed by atoms with van der Waals surface area (Å²) in [5.41, 5.74) is 1.67. The van der Waals surface area contributed by atoms with Crippen molar-refractivity contribution in [1.82, 2.24) is 5.32 Å². The molecule has 1 aromatic rings. The van der Waals surface area contributed by atoms with E-state index in [1.165, 1.54) is 12.8 Å². The summed E-state index contributed by atoms with van der Waals surface area (Å²) in [7, 11) is 0. The lowest BCUT2D eigenvalue weighted by Gasteiger charge is -2.14. The lowest BCUT2D eigenvalue weighted by molar-refractivity contribution is 0.0945. The number of nitrogens with one attached hydrogen (secondary N) is 2. The van der Waals surface area contributed by atoms with Crippen LogP contribution in [-0.4, -0.2) is 30.2 Å². The Morgan fingerprint density at radius 1 is 1.39 bits per heavy atom. The van der Waals surface area contributed by atoms with Crippen molar-refractivity contribution in [2.75, 3.05) is 18.5 Å². The Morgan fingerprint density at radius 3 is 2.61 bits per heavy atom. The quantitative estimate of drug-likeness (QED) is 0.717. The summed E-state index contributed by atoms with van der Waals surface area (Å²) in [6, 6.07) is 7.95. The molecule has 3 N–H and O–H groups in total. The van der Waals surface area contributed by atoms with E-state index >= 15 is 0 Å². The Kier molecular flexibility index (Phi) is 4.20. The average molecular weight is 248 g/mol. The van der Waals surface area contributed by atoms with E-state index in [0.29, 0.717) is 11.6 Å². The molecule has 1 amide bonds. The predicted octanol–water partition coefficient (Wildman–Crippen LogP) is 1.62. The van der Waals surface area contributed by atoms with E-state index in [2.05, 4.69) is 17.6 Å². The standard InChI is InChI=1S/C14H20N2O2/c1-10(11-2-3-11)16-13-6-4-12(5-7-13)14(18)15-8-9-17/h4-7,10-11,16-17H,2-3,8-9H2,1H3,(H,15,18). The number of rotatable bonds is 6. The smallest absolute Gasteiger partial charge is 0.251 e. The maximum Gasteiger partial charge on any atom is 0.251 e. The first-order valence-electron chi connectivity index (χ1n) is 6.46. The van der Waals surface area contributed by atoms with Gasteiger partial charge < -0.3 is 15.7 Å². The second-order valence-electron chi connectivity index (χ2n) is 4.83. The van der Waals surface area contributed by atoms with Crippen LogP contribution in [-0.2, 0) is 0 Å². The van der Waals surface area contributed by atoms with Crippen molar-refractivity contribution in [2.45, 2.75) is 25.8 Å². The monoisotopic (exact) mass is 248 g/mol. The van der Waals surface area contributed by atoms with Gasteiger partial charge in [-0.1, -0.05) is 0 Å². The zero-order chi connectivity index (χ0) is 13.0. The van der Waals surface area contributed by atoms with Crippen LogP contribution in [0.3, 0.4) is 0 Å². The molecule has 1 aromatic carbocycles. The molecular weight excluding hydrogens is 228 g/mol. The van der Waals surface area contributed by atoms with Crippen molar-refractivity contribution in [3.63, 3.8) is 0 Å². The Labute approximate surface area is 107 Å². The van der Waals surface area contributed by atoms with Crippen molar-refractivity contribution < 1.29 is 9.90 Å². The number of anilines is 1. The first kappa shape index (κ1) is 12.9. The van der Waals surface area contributed by atoms with E-state index in [4.69, 9.17) is 5.11 Å². The zero-order valence-electron chi connectivity index (χ0n) is 10.6. The lowest BCUT2D eigenvalue weighted by Crippen LogP contribution is -2.26. The molecule has 1 atom stereocenters. The number of aliphatic hydroxyl groups is 1. The molecule has 1 aliphatic rings. The summed E-state index contributed by atoms with van der Waals surface area (Å²) < 4.78 is 0. The van der Waals surface area contributed by atoms with Crippen LogP contribution in [0.15, 0.2) is 24.3 Å². The van der Waals surface area contributed by atoms with Gasteiger partial charge in [0.1, 0.15) is 0 Å². The molecular formula is C14H20N2O2. The number of hydrogen-bond donors (Lipinski definition) is 3. The van der Waals surface area contributed by atoms with E-state index in [0.717, 1.165) is 11.6 Å². The molecule has 0 bridgehead atoms. The zero-order valence-corrected chi connectivity index (χ0v) is 10.6. The van der Waals surface area contributed by atoms with Crippen molar-refractivity contribution >= 4 is 11.6 Å². The second kappa shape index (κ2) is 5.87. The molecule has 0 aromatic heterocycles. The van der Waals surface area contributed by atoms with Gasteiger partial charge in [-0.25, -0.2) is 0 Å². The predicted molar refractivity (Wildman–Crippen MR) is 71.7 cm³/mol. The highest BCUT2D eigenvalue weighted by atomic mass is 16.3. The van der Waals surface area contributed by atoms with Crippen molar-refractivity contribution in [1.29, 1.82) is 0 Å². The molecule has 0 radical (unpaired) electrons. The van der Waals surface area contributed by atoms with Gasteiger partial charge in [-0.3, -0.25) is 4.79 Å². The maximum absolute atomic E-state index is 11.6. The topological polar surface area (TPSA) is 61.4 Å². The summed E-state index contributed by atoms with van der Waals surface area (Å²) in [6.45, 7) is 2.45. The SMILES string of the molecule is CC(Nc1ccc(C(=O)NCCO)cc1)C1CC1. The molecule has 18 heavy (non-hydrogen) atoms. The van der Waals surface area contributed by atoms with Gasteiger partial charge in [0.25, 0.3) is 5.91 Å². The highest BCUT2D eigenvalue weighted by Crippen LogP contribution is 2.33. The molecule has 0 spiro atoms. The van der Waals surface area contributed by atoms with Gasteiger partial charge in [0.2, 0.25) is 0 Å². The number of carbonyl (C=O) groups is 1. The molecule has 1 saturated carbocycles. The minimum absolute atomic E-state index is 0.0374. The first-order chi connectivity index (χ1) is 8.70. The summed E-state index contributed by atoms with van der Waals surface area (Å²) in [5.74, 6) is 0.656. The van der Waals surface area contributed by atoms with Gasteiger partial charge >= 0.3 is 0 Å². The average Bonchev–Trinajstić information content (AvgIpc) is 3.21. The normalized spacial score (nSPS) is 16.1. The molecule has 4 nitrogen and oxygen atoms in total. The molecule has 0 heterocycles. The van der Waals surface area contributed by atoms with Crippen LogP contribution < -0.4 is 10.6 Å². The van der Waals surface area contributed by atoms with Crippen molar-refractivity contribution in [3.05, 3.63) is 29.8 Å². The van der Waals surface area contributed by atoms with Crippen LogP contribution in [0.4, 0.5) is 5.69 Å². The lowest BCUT2D eigenvalue weighted by atomic mass is 10.1. The van der Waals surface area contributed by atoms with Crippen LogP contribution >= 0.6 is 0 Å². The third-order valence-electron chi connectivity index (χ3n) is 3.27. The molecule has 0 saturated heterocycles. The number of carbonyl (C=O) groups excluding carboxylic acids is 1. The molecule has 1 unspecified atom stereocenters. The second-order valence-corrected chi connectivity index (χ2v) is 4.83.